The molecule has 1 unspecified atom stereocenters. The number of morpholine rings is 1. The molecular weight excluding hydrogens is 264 g/mol. The summed E-state index contributed by atoms with van der Waals surface area (Å²) in [6, 6.07) is 3.63. The van der Waals surface area contributed by atoms with Crippen LogP contribution in [0.4, 0.5) is 5.69 Å². The van der Waals surface area contributed by atoms with Crippen LogP contribution >= 0.6 is 0 Å². The largest absolute Gasteiger partial charge is 0.397 e. The highest BCUT2D eigenvalue weighted by atomic mass is 32.2. The highest BCUT2D eigenvalue weighted by Gasteiger charge is 2.32. The van der Waals surface area contributed by atoms with Crippen LogP contribution < -0.4 is 5.73 Å². The Bertz CT molecular complexity index is 584. The van der Waals surface area contributed by atoms with Crippen LogP contribution in [0.5, 0.6) is 0 Å². The standard InChI is InChI=1S/C13H20N2O3S/c1-9-4-5-10(2)13(12(9)14)19(16,17)15-6-7-18-11(3)8-15/h4-5,11H,6-8,14H2,1-3H3. The molecule has 1 aliphatic heterocycles. The monoisotopic (exact) mass is 284 g/mol. The van der Waals surface area contributed by atoms with E-state index in [9.17, 15) is 8.42 Å². The number of nitrogens with two attached hydrogens (primary N) is 1. The number of ether oxygens (including phenoxy) is 1. The molecule has 106 valence electrons. The lowest BCUT2D eigenvalue weighted by Gasteiger charge is -2.31. The lowest BCUT2D eigenvalue weighted by Crippen LogP contribution is -2.44. The molecule has 0 amide bonds. The second-order valence-corrected chi connectivity index (χ2v) is 6.86. The van der Waals surface area contributed by atoms with Crippen LogP contribution in [0.15, 0.2) is 17.0 Å². The Morgan fingerprint density at radius 1 is 1.32 bits per heavy atom. The van der Waals surface area contributed by atoms with Crippen LogP contribution in [-0.4, -0.2) is 38.5 Å². The lowest BCUT2D eigenvalue weighted by molar-refractivity contribution is 0.0102. The number of benzene rings is 1. The summed E-state index contributed by atoms with van der Waals surface area (Å²) in [5.74, 6) is 0. The van der Waals surface area contributed by atoms with Crippen LogP contribution in [0.1, 0.15) is 18.1 Å². The van der Waals surface area contributed by atoms with Gasteiger partial charge in [-0.2, -0.15) is 4.31 Å². The van der Waals surface area contributed by atoms with E-state index in [2.05, 4.69) is 0 Å². The summed E-state index contributed by atoms with van der Waals surface area (Å²) >= 11 is 0. The topological polar surface area (TPSA) is 72.6 Å². The van der Waals surface area contributed by atoms with E-state index in [0.717, 1.165) is 5.56 Å². The van der Waals surface area contributed by atoms with E-state index in [4.69, 9.17) is 10.5 Å². The van der Waals surface area contributed by atoms with Gasteiger partial charge < -0.3 is 10.5 Å². The molecule has 19 heavy (non-hydrogen) atoms. The van der Waals surface area contributed by atoms with Crippen molar-refractivity contribution in [3.05, 3.63) is 23.3 Å². The molecular formula is C13H20N2O3S. The molecule has 0 radical (unpaired) electrons. The first-order chi connectivity index (χ1) is 8.84. The number of rotatable bonds is 2. The van der Waals surface area contributed by atoms with Crippen molar-refractivity contribution in [3.8, 4) is 0 Å². The summed E-state index contributed by atoms with van der Waals surface area (Å²) in [7, 11) is -3.55. The first-order valence-corrected chi connectivity index (χ1v) is 7.75. The average molecular weight is 284 g/mol. The molecule has 0 aliphatic carbocycles. The minimum absolute atomic E-state index is 0.0881. The van der Waals surface area contributed by atoms with Gasteiger partial charge in [0, 0.05) is 13.1 Å². The van der Waals surface area contributed by atoms with Crippen molar-refractivity contribution in [3.63, 3.8) is 0 Å². The molecule has 1 aromatic carbocycles. The molecule has 0 saturated carbocycles. The Balaban J connectivity index is 2.48. The number of nitrogen functional groups attached to an aromatic ring is 1. The van der Waals surface area contributed by atoms with Crippen molar-refractivity contribution in [2.45, 2.75) is 31.8 Å². The van der Waals surface area contributed by atoms with Gasteiger partial charge in [-0.15, -0.1) is 0 Å². The average Bonchev–Trinajstić information content (AvgIpc) is 2.34. The fourth-order valence-corrected chi connectivity index (χ4v) is 4.18. The van der Waals surface area contributed by atoms with Gasteiger partial charge >= 0.3 is 0 Å². The third-order valence-electron chi connectivity index (χ3n) is 3.41. The molecule has 0 aromatic heterocycles. The van der Waals surface area contributed by atoms with E-state index in [-0.39, 0.29) is 11.0 Å². The van der Waals surface area contributed by atoms with Crippen molar-refractivity contribution in [1.82, 2.24) is 4.31 Å². The Kier molecular flexibility index (Phi) is 3.85. The molecule has 1 atom stereocenters. The zero-order valence-corrected chi connectivity index (χ0v) is 12.3. The van der Waals surface area contributed by atoms with Crippen molar-refractivity contribution in [2.24, 2.45) is 0 Å². The van der Waals surface area contributed by atoms with Gasteiger partial charge in [0.05, 0.1) is 18.4 Å². The molecule has 1 heterocycles. The molecule has 1 fully saturated rings. The first kappa shape index (κ1) is 14.3. The highest BCUT2D eigenvalue weighted by molar-refractivity contribution is 7.89. The fourth-order valence-electron chi connectivity index (χ4n) is 2.28. The number of aryl methyl sites for hydroxylation is 2. The van der Waals surface area contributed by atoms with Gasteiger partial charge in [-0.3, -0.25) is 0 Å². The molecule has 2 rings (SSSR count). The van der Waals surface area contributed by atoms with Crippen molar-refractivity contribution >= 4 is 15.7 Å². The Hall–Kier alpha value is -1.11. The van der Waals surface area contributed by atoms with Crippen LogP contribution in [0, 0.1) is 13.8 Å². The SMILES string of the molecule is Cc1ccc(C)c(S(=O)(=O)N2CCOC(C)C2)c1N. The highest BCUT2D eigenvalue weighted by Crippen LogP contribution is 2.29. The van der Waals surface area contributed by atoms with E-state index in [1.165, 1.54) is 4.31 Å². The minimum Gasteiger partial charge on any atom is -0.397 e. The molecule has 0 spiro atoms. The van der Waals surface area contributed by atoms with Gasteiger partial charge in [-0.1, -0.05) is 12.1 Å². The van der Waals surface area contributed by atoms with Crippen LogP contribution in [0.25, 0.3) is 0 Å². The maximum absolute atomic E-state index is 12.7. The first-order valence-electron chi connectivity index (χ1n) is 6.31. The second-order valence-electron chi connectivity index (χ2n) is 4.99. The number of sulfonamides is 1. The molecule has 2 N–H and O–H groups in total. The van der Waals surface area contributed by atoms with Crippen molar-refractivity contribution < 1.29 is 13.2 Å². The third-order valence-corrected chi connectivity index (χ3v) is 5.48. The van der Waals surface area contributed by atoms with Crippen LogP contribution in [0.2, 0.25) is 0 Å². The van der Waals surface area contributed by atoms with E-state index < -0.39 is 10.0 Å². The van der Waals surface area contributed by atoms with Gasteiger partial charge in [0.1, 0.15) is 4.90 Å². The Morgan fingerprint density at radius 2 is 1.95 bits per heavy atom. The van der Waals surface area contributed by atoms with Crippen molar-refractivity contribution in [2.75, 3.05) is 25.4 Å². The molecule has 1 saturated heterocycles. The summed E-state index contributed by atoms with van der Waals surface area (Å²) in [5, 5.41) is 0. The summed E-state index contributed by atoms with van der Waals surface area (Å²) in [5.41, 5.74) is 7.79. The van der Waals surface area contributed by atoms with Gasteiger partial charge in [0.15, 0.2) is 0 Å². The van der Waals surface area contributed by atoms with E-state index >= 15 is 0 Å². The summed E-state index contributed by atoms with van der Waals surface area (Å²) in [6.07, 6.45) is -0.0881. The van der Waals surface area contributed by atoms with Gasteiger partial charge in [0.25, 0.3) is 0 Å². The van der Waals surface area contributed by atoms with Gasteiger partial charge in [-0.25, -0.2) is 8.42 Å². The molecule has 6 heteroatoms. The van der Waals surface area contributed by atoms with Gasteiger partial charge in [-0.05, 0) is 31.9 Å². The number of hydrogen-bond donors (Lipinski definition) is 1. The summed E-state index contributed by atoms with van der Waals surface area (Å²) in [6.45, 7) is 6.62. The zero-order chi connectivity index (χ0) is 14.2. The molecule has 1 aromatic rings. The molecule has 0 bridgehead atoms. The van der Waals surface area contributed by atoms with Gasteiger partial charge in [0.2, 0.25) is 10.0 Å². The lowest BCUT2D eigenvalue weighted by atomic mass is 10.1. The van der Waals surface area contributed by atoms with E-state index in [1.807, 2.05) is 19.9 Å². The normalized spacial score (nSPS) is 21.5. The van der Waals surface area contributed by atoms with Crippen molar-refractivity contribution in [1.29, 1.82) is 0 Å². The van der Waals surface area contributed by atoms with E-state index in [0.29, 0.717) is 30.9 Å². The molecule has 1 aliphatic rings. The van der Waals surface area contributed by atoms with Crippen LogP contribution in [-0.2, 0) is 14.8 Å². The van der Waals surface area contributed by atoms with E-state index in [1.54, 1.807) is 13.0 Å². The zero-order valence-electron chi connectivity index (χ0n) is 11.5. The second kappa shape index (κ2) is 5.11. The quantitative estimate of drug-likeness (QED) is 0.831. The third kappa shape index (κ3) is 2.61. The minimum atomic E-state index is -3.55. The number of hydrogen-bond acceptors (Lipinski definition) is 4. The Morgan fingerprint density at radius 3 is 2.58 bits per heavy atom. The number of anilines is 1. The summed E-state index contributed by atoms with van der Waals surface area (Å²) in [4.78, 5) is 0.238. The molecule has 5 nitrogen and oxygen atoms in total. The summed E-state index contributed by atoms with van der Waals surface area (Å²) < 4.78 is 32.3. The number of nitrogens with zero attached hydrogens (tertiary/aromatic N) is 1. The predicted octanol–water partition coefficient (Wildman–Crippen LogP) is 1.30. The fraction of sp³-hybridized carbons (Fsp3) is 0.538. The predicted molar refractivity (Wildman–Crippen MR) is 74.5 cm³/mol. The maximum Gasteiger partial charge on any atom is 0.245 e. The van der Waals surface area contributed by atoms with Crippen LogP contribution in [0.3, 0.4) is 0 Å². The Labute approximate surface area is 114 Å². The smallest absolute Gasteiger partial charge is 0.245 e. The maximum atomic E-state index is 12.7.